The second kappa shape index (κ2) is 11.2. The third-order valence-electron chi connectivity index (χ3n) is 6.31. The number of ether oxygens (including phenoxy) is 1. The monoisotopic (exact) mass is 517 g/mol. The maximum Gasteiger partial charge on any atom is 0.266 e. The van der Waals surface area contributed by atoms with Crippen molar-refractivity contribution in [2.45, 2.75) is 40.7 Å². The van der Waals surface area contributed by atoms with Crippen molar-refractivity contribution in [2.24, 2.45) is 5.92 Å². The number of nitrogens with zero attached hydrogens (tertiary/aromatic N) is 3. The van der Waals surface area contributed by atoms with Gasteiger partial charge in [0.05, 0.1) is 22.6 Å². The molecular weight excluding hydrogens is 486 g/mol. The molecule has 0 aliphatic heterocycles. The lowest BCUT2D eigenvalue weighted by atomic mass is 10.1. The van der Waals surface area contributed by atoms with Crippen LogP contribution in [-0.2, 0) is 4.79 Å². The lowest BCUT2D eigenvalue weighted by Gasteiger charge is -2.32. The van der Waals surface area contributed by atoms with E-state index in [-0.39, 0.29) is 24.0 Å². The quantitative estimate of drug-likeness (QED) is 0.276. The van der Waals surface area contributed by atoms with Crippen molar-refractivity contribution in [2.75, 3.05) is 13.2 Å². The highest BCUT2D eigenvalue weighted by Gasteiger charge is 2.28. The molecule has 0 aliphatic rings. The fourth-order valence-electron chi connectivity index (χ4n) is 4.39. The number of para-hydroxylation sites is 1. The first-order valence-corrected chi connectivity index (χ1v) is 12.8. The molecule has 4 rings (SSSR count). The van der Waals surface area contributed by atoms with Crippen LogP contribution in [0.1, 0.15) is 43.8 Å². The summed E-state index contributed by atoms with van der Waals surface area (Å²) < 4.78 is 7.44. The Balaban J connectivity index is 1.80. The number of hydrogen-bond donors (Lipinski definition) is 0. The Hall–Kier alpha value is -3.64. The molecule has 1 unspecified atom stereocenters. The summed E-state index contributed by atoms with van der Waals surface area (Å²) in [4.78, 5) is 34.0. The first-order valence-electron chi connectivity index (χ1n) is 12.4. The Morgan fingerprint density at radius 1 is 1.03 bits per heavy atom. The van der Waals surface area contributed by atoms with Crippen LogP contribution in [0, 0.1) is 19.8 Å². The topological polar surface area (TPSA) is 64.4 Å². The molecule has 1 amide bonds. The van der Waals surface area contributed by atoms with Gasteiger partial charge in [0.1, 0.15) is 11.6 Å². The molecule has 0 radical (unpaired) electrons. The van der Waals surface area contributed by atoms with Gasteiger partial charge in [0.2, 0.25) is 0 Å². The minimum absolute atomic E-state index is 0.139. The minimum atomic E-state index is -0.485. The molecule has 0 spiro atoms. The molecule has 3 aromatic carbocycles. The Labute approximate surface area is 222 Å². The van der Waals surface area contributed by atoms with Gasteiger partial charge < -0.3 is 9.64 Å². The fourth-order valence-corrected chi connectivity index (χ4v) is 4.52. The first kappa shape index (κ1) is 26.4. The molecule has 1 heterocycles. The average Bonchev–Trinajstić information content (AvgIpc) is 2.88. The van der Waals surface area contributed by atoms with E-state index in [9.17, 15) is 9.59 Å². The van der Waals surface area contributed by atoms with Gasteiger partial charge in [-0.25, -0.2) is 4.98 Å². The molecule has 1 aromatic heterocycles. The van der Waals surface area contributed by atoms with E-state index in [0.717, 1.165) is 16.8 Å². The van der Waals surface area contributed by atoms with Crippen LogP contribution in [-0.4, -0.2) is 33.5 Å². The maximum absolute atomic E-state index is 13.9. The van der Waals surface area contributed by atoms with Gasteiger partial charge >= 0.3 is 0 Å². The fraction of sp³-hybridized carbons (Fsp3) is 0.300. The molecule has 0 bridgehead atoms. The second-order valence-electron chi connectivity index (χ2n) is 9.78. The van der Waals surface area contributed by atoms with E-state index in [2.05, 4.69) is 13.8 Å². The van der Waals surface area contributed by atoms with Crippen molar-refractivity contribution in [3.63, 3.8) is 0 Å². The van der Waals surface area contributed by atoms with Crippen LogP contribution in [0.2, 0.25) is 5.02 Å². The maximum atomic E-state index is 13.9. The summed E-state index contributed by atoms with van der Waals surface area (Å²) in [7, 11) is 0. The van der Waals surface area contributed by atoms with Crippen LogP contribution in [0.3, 0.4) is 0 Å². The van der Waals surface area contributed by atoms with Crippen LogP contribution >= 0.6 is 11.6 Å². The molecule has 0 N–H and O–H groups in total. The molecule has 0 saturated heterocycles. The summed E-state index contributed by atoms with van der Waals surface area (Å²) in [5.41, 5.74) is 3.19. The highest BCUT2D eigenvalue weighted by molar-refractivity contribution is 6.30. The number of fused-ring (bicyclic) bond motifs is 1. The van der Waals surface area contributed by atoms with Gasteiger partial charge in [-0.1, -0.05) is 49.7 Å². The molecule has 192 valence electrons. The lowest BCUT2D eigenvalue weighted by molar-refractivity contribution is -0.136. The van der Waals surface area contributed by atoms with E-state index in [0.29, 0.717) is 34.0 Å². The Morgan fingerprint density at radius 2 is 1.73 bits per heavy atom. The molecule has 37 heavy (non-hydrogen) atoms. The predicted molar refractivity (Wildman–Crippen MR) is 149 cm³/mol. The van der Waals surface area contributed by atoms with Crippen LogP contribution < -0.4 is 10.3 Å². The molecule has 0 aliphatic carbocycles. The van der Waals surface area contributed by atoms with Crippen LogP contribution in [0.4, 0.5) is 0 Å². The van der Waals surface area contributed by atoms with E-state index in [1.165, 1.54) is 0 Å². The normalized spacial score (nSPS) is 12.1. The molecule has 1 atom stereocenters. The van der Waals surface area contributed by atoms with Crippen molar-refractivity contribution < 1.29 is 9.53 Å². The van der Waals surface area contributed by atoms with Gasteiger partial charge in [-0.3, -0.25) is 14.2 Å². The van der Waals surface area contributed by atoms with E-state index >= 15 is 0 Å². The second-order valence-corrected chi connectivity index (χ2v) is 10.2. The summed E-state index contributed by atoms with van der Waals surface area (Å²) in [5.74, 6) is 1.08. The largest absolute Gasteiger partial charge is 0.484 e. The van der Waals surface area contributed by atoms with Crippen molar-refractivity contribution in [3.05, 3.63) is 99.1 Å². The van der Waals surface area contributed by atoms with Crippen molar-refractivity contribution >= 4 is 28.4 Å². The standard InChI is InChI=1S/C30H32ClN3O3/c1-19(2)17-33(28(35)18-37-24-14-12-23(31)13-15-24)22(5)29-32-26-9-7-6-8-25(26)30(36)34(29)27-16-20(3)10-11-21(27)4/h6-16,19,22H,17-18H2,1-5H3. The number of benzene rings is 3. The molecular formula is C30H32ClN3O3. The Morgan fingerprint density at radius 3 is 2.43 bits per heavy atom. The van der Waals surface area contributed by atoms with E-state index in [1.807, 2.05) is 57.2 Å². The van der Waals surface area contributed by atoms with Crippen LogP contribution in [0.25, 0.3) is 16.6 Å². The molecule has 7 heteroatoms. The number of carbonyl (C=O) groups excluding carboxylic acids is 1. The number of aromatic nitrogens is 2. The number of hydrogen-bond acceptors (Lipinski definition) is 4. The zero-order valence-electron chi connectivity index (χ0n) is 21.9. The highest BCUT2D eigenvalue weighted by atomic mass is 35.5. The molecule has 0 saturated carbocycles. The SMILES string of the molecule is Cc1ccc(C)c(-n2c(C(C)N(CC(C)C)C(=O)COc3ccc(Cl)cc3)nc3ccccc3c2=O)c1. The van der Waals surface area contributed by atoms with Gasteiger partial charge in [-0.2, -0.15) is 0 Å². The highest BCUT2D eigenvalue weighted by Crippen LogP contribution is 2.26. The van der Waals surface area contributed by atoms with Crippen molar-refractivity contribution in [1.29, 1.82) is 0 Å². The summed E-state index contributed by atoms with van der Waals surface area (Å²) in [6.07, 6.45) is 0. The summed E-state index contributed by atoms with van der Waals surface area (Å²) in [6, 6.07) is 19.7. The molecule has 0 fully saturated rings. The number of carbonyl (C=O) groups is 1. The van der Waals surface area contributed by atoms with Gasteiger partial charge in [0.25, 0.3) is 11.5 Å². The van der Waals surface area contributed by atoms with Crippen LogP contribution in [0.5, 0.6) is 5.75 Å². The van der Waals surface area contributed by atoms with Gasteiger partial charge in [-0.05, 0) is 80.3 Å². The number of amides is 1. The Bertz CT molecular complexity index is 1480. The third-order valence-corrected chi connectivity index (χ3v) is 6.56. The summed E-state index contributed by atoms with van der Waals surface area (Å²) in [6.45, 7) is 10.3. The Kier molecular flexibility index (Phi) is 7.98. The molecule has 4 aromatic rings. The van der Waals surface area contributed by atoms with Crippen molar-refractivity contribution in [3.8, 4) is 11.4 Å². The minimum Gasteiger partial charge on any atom is -0.484 e. The average molecular weight is 518 g/mol. The van der Waals surface area contributed by atoms with Gasteiger partial charge in [0, 0.05) is 11.6 Å². The van der Waals surface area contributed by atoms with Crippen LogP contribution in [0.15, 0.2) is 71.5 Å². The van der Waals surface area contributed by atoms with E-state index in [4.69, 9.17) is 21.3 Å². The van der Waals surface area contributed by atoms with Gasteiger partial charge in [0.15, 0.2) is 6.61 Å². The van der Waals surface area contributed by atoms with E-state index < -0.39 is 6.04 Å². The summed E-state index contributed by atoms with van der Waals surface area (Å²) >= 11 is 5.97. The third kappa shape index (κ3) is 5.86. The molecule has 6 nitrogen and oxygen atoms in total. The smallest absolute Gasteiger partial charge is 0.266 e. The predicted octanol–water partition coefficient (Wildman–Crippen LogP) is 6.28. The zero-order chi connectivity index (χ0) is 26.7. The number of rotatable bonds is 8. The lowest BCUT2D eigenvalue weighted by Crippen LogP contribution is -2.41. The van der Waals surface area contributed by atoms with Crippen molar-refractivity contribution in [1.82, 2.24) is 14.5 Å². The number of halogens is 1. The summed E-state index contributed by atoms with van der Waals surface area (Å²) in [5, 5.41) is 1.13. The number of aryl methyl sites for hydroxylation is 2. The zero-order valence-corrected chi connectivity index (χ0v) is 22.6. The van der Waals surface area contributed by atoms with E-state index in [1.54, 1.807) is 39.8 Å². The van der Waals surface area contributed by atoms with Gasteiger partial charge in [-0.15, -0.1) is 0 Å². The first-order chi connectivity index (χ1) is 17.7.